The van der Waals surface area contributed by atoms with Gasteiger partial charge >= 0.3 is 11.5 Å². The predicted octanol–water partition coefficient (Wildman–Crippen LogP) is 3.87. The summed E-state index contributed by atoms with van der Waals surface area (Å²) in [5.74, 6) is -2.02. The van der Waals surface area contributed by atoms with Crippen LogP contribution in [0.3, 0.4) is 0 Å². The molecule has 0 atom stereocenters. The number of rotatable bonds is 5. The van der Waals surface area contributed by atoms with E-state index >= 15 is 0 Å². The molecule has 18 heavy (non-hydrogen) atoms. The fraction of sp³-hybridized carbons (Fsp3) is 0.300. The lowest BCUT2D eigenvalue weighted by molar-refractivity contribution is -0.0326. The number of alkyl halides is 3. The zero-order chi connectivity index (χ0) is 13.8. The van der Waals surface area contributed by atoms with E-state index in [1.165, 1.54) is 0 Å². The fourth-order valence-electron chi connectivity index (χ4n) is 1.06. The van der Waals surface area contributed by atoms with Crippen LogP contribution in [0.5, 0.6) is 0 Å². The van der Waals surface area contributed by atoms with Crippen molar-refractivity contribution in [2.24, 2.45) is 0 Å². The summed E-state index contributed by atoms with van der Waals surface area (Å²) in [6.45, 7) is 0. The number of hydrogen-bond acceptors (Lipinski definition) is 3. The lowest BCUT2D eigenvalue weighted by Gasteiger charge is -2.06. The molecule has 0 saturated heterocycles. The standard InChI is InChI=1S/C10H8F4O2S2/c11-7-2-1-6(9(15)16)5-8(7)17-3-4-18-10(12,13)14/h1-2,5H,3-4H2,(H,15,16). The first-order valence-corrected chi connectivity index (χ1v) is 6.63. The van der Waals surface area contributed by atoms with Crippen LogP contribution in [0.4, 0.5) is 17.6 Å². The third kappa shape index (κ3) is 5.18. The molecule has 0 aliphatic heterocycles. The van der Waals surface area contributed by atoms with Gasteiger partial charge in [-0.15, -0.1) is 11.8 Å². The van der Waals surface area contributed by atoms with Crippen LogP contribution >= 0.6 is 23.5 Å². The number of carboxylic acid groups (broad SMARTS) is 1. The van der Waals surface area contributed by atoms with Crippen molar-refractivity contribution in [3.63, 3.8) is 0 Å². The third-order valence-electron chi connectivity index (χ3n) is 1.78. The van der Waals surface area contributed by atoms with Crippen LogP contribution in [0.1, 0.15) is 10.4 Å². The van der Waals surface area contributed by atoms with Crippen LogP contribution in [-0.2, 0) is 0 Å². The molecule has 0 saturated carbocycles. The minimum Gasteiger partial charge on any atom is -0.478 e. The number of halogens is 4. The molecular formula is C10H8F4O2S2. The maximum atomic E-state index is 13.3. The lowest BCUT2D eigenvalue weighted by atomic mass is 10.2. The van der Waals surface area contributed by atoms with Crippen molar-refractivity contribution in [3.05, 3.63) is 29.6 Å². The smallest absolute Gasteiger partial charge is 0.441 e. The summed E-state index contributed by atoms with van der Waals surface area (Å²) in [6, 6.07) is 3.20. The van der Waals surface area contributed by atoms with Gasteiger partial charge in [0.25, 0.3) is 0 Å². The Morgan fingerprint density at radius 2 is 1.94 bits per heavy atom. The summed E-state index contributed by atoms with van der Waals surface area (Å²) in [6.07, 6.45) is 0. The second-order valence-electron chi connectivity index (χ2n) is 3.09. The van der Waals surface area contributed by atoms with Gasteiger partial charge < -0.3 is 5.11 Å². The van der Waals surface area contributed by atoms with Gasteiger partial charge in [-0.25, -0.2) is 9.18 Å². The van der Waals surface area contributed by atoms with E-state index in [2.05, 4.69) is 0 Å². The number of aromatic carboxylic acids is 1. The highest BCUT2D eigenvalue weighted by Gasteiger charge is 2.27. The molecule has 0 unspecified atom stereocenters. The Bertz CT molecular complexity index is 434. The Hall–Kier alpha value is -0.890. The topological polar surface area (TPSA) is 37.3 Å². The summed E-state index contributed by atoms with van der Waals surface area (Å²) in [5.41, 5.74) is -4.40. The van der Waals surface area contributed by atoms with Crippen molar-refractivity contribution >= 4 is 29.5 Å². The van der Waals surface area contributed by atoms with E-state index in [1.807, 2.05) is 0 Å². The molecule has 1 N–H and O–H groups in total. The molecule has 0 spiro atoms. The van der Waals surface area contributed by atoms with Gasteiger partial charge in [-0.2, -0.15) is 13.2 Å². The highest BCUT2D eigenvalue weighted by molar-refractivity contribution is 8.03. The van der Waals surface area contributed by atoms with Gasteiger partial charge in [0.05, 0.1) is 5.56 Å². The molecule has 1 rings (SSSR count). The highest BCUT2D eigenvalue weighted by atomic mass is 32.2. The Labute approximate surface area is 109 Å². The summed E-state index contributed by atoms with van der Waals surface area (Å²) in [4.78, 5) is 10.7. The molecule has 1 aromatic rings. The Morgan fingerprint density at radius 1 is 1.28 bits per heavy atom. The minimum atomic E-state index is -4.30. The van der Waals surface area contributed by atoms with Crippen molar-refractivity contribution in [2.75, 3.05) is 11.5 Å². The van der Waals surface area contributed by atoms with Crippen LogP contribution in [0.25, 0.3) is 0 Å². The van der Waals surface area contributed by atoms with Crippen LogP contribution in [0, 0.1) is 5.82 Å². The van der Waals surface area contributed by atoms with Gasteiger partial charge in [0.1, 0.15) is 5.82 Å². The lowest BCUT2D eigenvalue weighted by Crippen LogP contribution is -2.02. The van der Waals surface area contributed by atoms with E-state index in [1.54, 1.807) is 0 Å². The predicted molar refractivity (Wildman–Crippen MR) is 62.6 cm³/mol. The maximum Gasteiger partial charge on any atom is 0.441 e. The zero-order valence-electron chi connectivity index (χ0n) is 8.83. The van der Waals surface area contributed by atoms with Gasteiger partial charge in [0.15, 0.2) is 0 Å². The monoisotopic (exact) mass is 300 g/mol. The second-order valence-corrected chi connectivity index (χ2v) is 5.39. The molecule has 0 fully saturated rings. The summed E-state index contributed by atoms with van der Waals surface area (Å²) in [5, 5.41) is 8.69. The van der Waals surface area contributed by atoms with Crippen molar-refractivity contribution < 1.29 is 27.5 Å². The molecule has 2 nitrogen and oxygen atoms in total. The van der Waals surface area contributed by atoms with Crippen LogP contribution in [0.2, 0.25) is 0 Å². The van der Waals surface area contributed by atoms with Gasteiger partial charge in [-0.3, -0.25) is 0 Å². The van der Waals surface area contributed by atoms with Crippen molar-refractivity contribution in [1.82, 2.24) is 0 Å². The molecule has 0 aliphatic carbocycles. The van der Waals surface area contributed by atoms with Crippen molar-refractivity contribution in [2.45, 2.75) is 10.4 Å². The van der Waals surface area contributed by atoms with E-state index in [0.29, 0.717) is 0 Å². The zero-order valence-corrected chi connectivity index (χ0v) is 10.5. The van der Waals surface area contributed by atoms with Gasteiger partial charge in [0.2, 0.25) is 0 Å². The average Bonchev–Trinajstić information content (AvgIpc) is 2.24. The maximum absolute atomic E-state index is 13.3. The van der Waals surface area contributed by atoms with Crippen LogP contribution in [0.15, 0.2) is 23.1 Å². The Balaban J connectivity index is 2.56. The molecule has 8 heteroatoms. The molecule has 0 aliphatic rings. The van der Waals surface area contributed by atoms with Crippen molar-refractivity contribution in [3.8, 4) is 0 Å². The second kappa shape index (κ2) is 6.33. The molecule has 0 aromatic heterocycles. The molecule has 0 radical (unpaired) electrons. The molecule has 0 bridgehead atoms. The highest BCUT2D eigenvalue weighted by Crippen LogP contribution is 2.32. The number of carboxylic acids is 1. The fourth-order valence-corrected chi connectivity index (χ4v) is 2.59. The number of benzene rings is 1. The average molecular weight is 300 g/mol. The van der Waals surface area contributed by atoms with E-state index in [0.717, 1.165) is 30.0 Å². The molecule has 0 heterocycles. The first kappa shape index (κ1) is 15.2. The van der Waals surface area contributed by atoms with Gasteiger partial charge in [-0.1, -0.05) is 11.8 Å². The quantitative estimate of drug-likeness (QED) is 0.509. The number of thioether (sulfide) groups is 2. The number of carbonyl (C=O) groups is 1. The third-order valence-corrected chi connectivity index (χ3v) is 3.81. The Morgan fingerprint density at radius 3 is 2.50 bits per heavy atom. The van der Waals surface area contributed by atoms with Crippen molar-refractivity contribution in [1.29, 1.82) is 0 Å². The molecular weight excluding hydrogens is 292 g/mol. The van der Waals surface area contributed by atoms with Gasteiger partial charge in [-0.05, 0) is 18.2 Å². The summed E-state index contributed by atoms with van der Waals surface area (Å²) < 4.78 is 48.7. The largest absolute Gasteiger partial charge is 0.478 e. The first-order valence-electron chi connectivity index (χ1n) is 4.66. The van der Waals surface area contributed by atoms with E-state index in [4.69, 9.17) is 5.11 Å². The molecule has 1 aromatic carbocycles. The van der Waals surface area contributed by atoms with Crippen LogP contribution < -0.4 is 0 Å². The minimum absolute atomic E-state index is 0.0395. The normalized spacial score (nSPS) is 11.6. The van der Waals surface area contributed by atoms with E-state index in [9.17, 15) is 22.4 Å². The summed E-state index contributed by atoms with van der Waals surface area (Å²) >= 11 is 0.670. The summed E-state index contributed by atoms with van der Waals surface area (Å²) in [7, 11) is 0. The molecule has 0 amide bonds. The first-order chi connectivity index (χ1) is 8.29. The molecule has 100 valence electrons. The van der Waals surface area contributed by atoms with E-state index < -0.39 is 17.3 Å². The van der Waals surface area contributed by atoms with E-state index in [-0.39, 0.29) is 33.7 Å². The number of hydrogen-bond donors (Lipinski definition) is 1. The van der Waals surface area contributed by atoms with Gasteiger partial charge in [0, 0.05) is 16.4 Å². The van der Waals surface area contributed by atoms with Crippen LogP contribution in [-0.4, -0.2) is 28.1 Å². The Kier molecular flexibility index (Phi) is 5.33. The SMILES string of the molecule is O=C(O)c1ccc(F)c(SCCSC(F)(F)F)c1.